The van der Waals surface area contributed by atoms with Crippen LogP contribution in [-0.2, 0) is 6.54 Å². The lowest BCUT2D eigenvalue weighted by molar-refractivity contribution is 0.653. The van der Waals surface area contributed by atoms with Crippen molar-refractivity contribution in [3.05, 3.63) is 29.3 Å². The number of benzene rings is 1. The number of aryl methyl sites for hydroxylation is 1. The van der Waals surface area contributed by atoms with E-state index < -0.39 is 0 Å². The molecule has 0 spiro atoms. The number of hydrogen-bond acceptors (Lipinski definition) is 2. The van der Waals surface area contributed by atoms with E-state index in [0.29, 0.717) is 6.04 Å². The van der Waals surface area contributed by atoms with Gasteiger partial charge < -0.3 is 5.32 Å². The van der Waals surface area contributed by atoms with E-state index in [4.69, 9.17) is 0 Å². The minimum absolute atomic E-state index is 0.711. The predicted molar refractivity (Wildman–Crippen MR) is 64.8 cm³/mol. The van der Waals surface area contributed by atoms with Crippen LogP contribution < -0.4 is 5.32 Å². The van der Waals surface area contributed by atoms with Crippen molar-refractivity contribution in [2.24, 2.45) is 10.9 Å². The van der Waals surface area contributed by atoms with Crippen LogP contribution in [0.2, 0.25) is 0 Å². The molecule has 2 nitrogen and oxygen atoms in total. The Hall–Kier alpha value is -1.15. The molecule has 80 valence electrons. The Balaban J connectivity index is 2.04. The van der Waals surface area contributed by atoms with Crippen molar-refractivity contribution in [1.29, 1.82) is 0 Å². The van der Waals surface area contributed by atoms with Gasteiger partial charge in [-0.1, -0.05) is 24.6 Å². The molecule has 1 aromatic rings. The Bertz CT molecular complexity index is 371. The second kappa shape index (κ2) is 4.15. The summed E-state index contributed by atoms with van der Waals surface area (Å²) in [7, 11) is 0. The summed E-state index contributed by atoms with van der Waals surface area (Å²) in [6.45, 7) is 8.89. The molecule has 0 saturated heterocycles. The summed E-state index contributed by atoms with van der Waals surface area (Å²) >= 11 is 0. The van der Waals surface area contributed by atoms with Crippen LogP contribution in [0.5, 0.6) is 0 Å². The third-order valence-corrected chi connectivity index (χ3v) is 3.07. The van der Waals surface area contributed by atoms with E-state index in [9.17, 15) is 0 Å². The monoisotopic (exact) mass is 202 g/mol. The highest BCUT2D eigenvalue weighted by molar-refractivity contribution is 5.52. The van der Waals surface area contributed by atoms with Gasteiger partial charge in [-0.2, -0.15) is 0 Å². The second-order valence-corrected chi connectivity index (χ2v) is 4.49. The van der Waals surface area contributed by atoms with E-state index in [-0.39, 0.29) is 0 Å². The Morgan fingerprint density at radius 3 is 2.87 bits per heavy atom. The summed E-state index contributed by atoms with van der Waals surface area (Å²) in [6.07, 6.45) is 1.31. The average Bonchev–Trinajstić information content (AvgIpc) is 2.92. The van der Waals surface area contributed by atoms with Gasteiger partial charge in [-0.25, -0.2) is 0 Å². The van der Waals surface area contributed by atoms with Gasteiger partial charge in [0, 0.05) is 12.6 Å². The van der Waals surface area contributed by atoms with E-state index in [2.05, 4.69) is 43.0 Å². The molecule has 1 aliphatic rings. The molecule has 0 aliphatic heterocycles. The minimum Gasteiger partial charge on any atom is -0.310 e. The molecular weight excluding hydrogens is 184 g/mol. The predicted octanol–water partition coefficient (Wildman–Crippen LogP) is 2.83. The molecule has 2 atom stereocenters. The molecular formula is C13H18N2. The molecule has 1 aromatic carbocycles. The van der Waals surface area contributed by atoms with Gasteiger partial charge in [0.15, 0.2) is 0 Å². The fraction of sp³-hybridized carbons (Fsp3) is 0.462. The first-order chi connectivity index (χ1) is 7.20. The SMILES string of the molecule is C=Nc1ccc(C)cc1CNC1CC1C. The van der Waals surface area contributed by atoms with Crippen molar-refractivity contribution >= 4 is 12.4 Å². The molecule has 15 heavy (non-hydrogen) atoms. The van der Waals surface area contributed by atoms with E-state index in [0.717, 1.165) is 18.2 Å². The molecule has 0 heterocycles. The van der Waals surface area contributed by atoms with Crippen molar-refractivity contribution < 1.29 is 0 Å². The van der Waals surface area contributed by atoms with Crippen LogP contribution in [0.1, 0.15) is 24.5 Å². The van der Waals surface area contributed by atoms with Gasteiger partial charge in [0.2, 0.25) is 0 Å². The van der Waals surface area contributed by atoms with E-state index in [1.165, 1.54) is 17.5 Å². The largest absolute Gasteiger partial charge is 0.310 e. The summed E-state index contributed by atoms with van der Waals surface area (Å²) in [4.78, 5) is 4.04. The van der Waals surface area contributed by atoms with Crippen LogP contribution in [0.15, 0.2) is 23.2 Å². The van der Waals surface area contributed by atoms with Gasteiger partial charge in [-0.15, -0.1) is 0 Å². The Morgan fingerprint density at radius 2 is 2.27 bits per heavy atom. The van der Waals surface area contributed by atoms with Crippen LogP contribution >= 0.6 is 0 Å². The van der Waals surface area contributed by atoms with Crippen molar-refractivity contribution in [2.75, 3.05) is 0 Å². The van der Waals surface area contributed by atoms with Gasteiger partial charge in [-0.05, 0) is 37.6 Å². The number of nitrogens with zero attached hydrogens (tertiary/aromatic N) is 1. The quantitative estimate of drug-likeness (QED) is 0.746. The summed E-state index contributed by atoms with van der Waals surface area (Å²) in [6, 6.07) is 7.01. The van der Waals surface area contributed by atoms with Crippen molar-refractivity contribution in [3.63, 3.8) is 0 Å². The van der Waals surface area contributed by atoms with Crippen LogP contribution in [0, 0.1) is 12.8 Å². The highest BCUT2D eigenvalue weighted by atomic mass is 15.0. The van der Waals surface area contributed by atoms with Gasteiger partial charge in [-0.3, -0.25) is 4.99 Å². The maximum atomic E-state index is 4.04. The highest BCUT2D eigenvalue weighted by Crippen LogP contribution is 2.30. The summed E-state index contributed by atoms with van der Waals surface area (Å²) in [5.41, 5.74) is 3.54. The topological polar surface area (TPSA) is 24.4 Å². The summed E-state index contributed by atoms with van der Waals surface area (Å²) in [5, 5.41) is 3.54. The lowest BCUT2D eigenvalue weighted by Crippen LogP contribution is -2.17. The number of rotatable bonds is 4. The first-order valence-corrected chi connectivity index (χ1v) is 5.50. The maximum Gasteiger partial charge on any atom is 0.0667 e. The number of hydrogen-bond donors (Lipinski definition) is 1. The zero-order chi connectivity index (χ0) is 10.8. The van der Waals surface area contributed by atoms with Crippen LogP contribution in [0.3, 0.4) is 0 Å². The molecule has 0 amide bonds. The van der Waals surface area contributed by atoms with Crippen molar-refractivity contribution in [1.82, 2.24) is 5.32 Å². The second-order valence-electron chi connectivity index (χ2n) is 4.49. The smallest absolute Gasteiger partial charge is 0.0667 e. The van der Waals surface area contributed by atoms with Crippen LogP contribution in [0.4, 0.5) is 5.69 Å². The first kappa shape index (κ1) is 10.4. The number of aliphatic imine (C=N–C) groups is 1. The standard InChI is InChI=1S/C13H18N2/c1-9-4-5-12(14-3)11(6-9)8-15-13-7-10(13)2/h4-6,10,13,15H,3,7-8H2,1-2H3. The molecule has 0 bridgehead atoms. The third-order valence-electron chi connectivity index (χ3n) is 3.07. The molecule has 1 fully saturated rings. The minimum atomic E-state index is 0.711. The lowest BCUT2D eigenvalue weighted by Gasteiger charge is -2.07. The van der Waals surface area contributed by atoms with Crippen molar-refractivity contribution in [3.8, 4) is 0 Å². The van der Waals surface area contributed by atoms with Gasteiger partial charge in [0.25, 0.3) is 0 Å². The molecule has 1 saturated carbocycles. The Kier molecular flexibility index (Phi) is 2.87. The maximum absolute atomic E-state index is 4.04. The summed E-state index contributed by atoms with van der Waals surface area (Å²) in [5.74, 6) is 0.843. The Labute approximate surface area is 91.4 Å². The van der Waals surface area contributed by atoms with Crippen LogP contribution in [0.25, 0.3) is 0 Å². The fourth-order valence-corrected chi connectivity index (χ4v) is 1.86. The van der Waals surface area contributed by atoms with E-state index >= 15 is 0 Å². The number of nitrogens with one attached hydrogen (secondary N) is 1. The Morgan fingerprint density at radius 1 is 1.53 bits per heavy atom. The molecule has 2 heteroatoms. The normalized spacial score (nSPS) is 23.9. The average molecular weight is 202 g/mol. The zero-order valence-corrected chi connectivity index (χ0v) is 9.46. The molecule has 1 aliphatic carbocycles. The highest BCUT2D eigenvalue weighted by Gasteiger charge is 2.31. The molecule has 0 radical (unpaired) electrons. The van der Waals surface area contributed by atoms with Crippen LogP contribution in [-0.4, -0.2) is 12.8 Å². The van der Waals surface area contributed by atoms with E-state index in [1.54, 1.807) is 0 Å². The summed E-state index contributed by atoms with van der Waals surface area (Å²) < 4.78 is 0. The van der Waals surface area contributed by atoms with Crippen molar-refractivity contribution in [2.45, 2.75) is 32.9 Å². The molecule has 1 N–H and O–H groups in total. The molecule has 2 rings (SSSR count). The molecule has 2 unspecified atom stereocenters. The van der Waals surface area contributed by atoms with E-state index in [1.807, 2.05) is 6.07 Å². The van der Waals surface area contributed by atoms with Gasteiger partial charge >= 0.3 is 0 Å². The zero-order valence-electron chi connectivity index (χ0n) is 9.46. The van der Waals surface area contributed by atoms with Gasteiger partial charge in [0.1, 0.15) is 0 Å². The lowest BCUT2D eigenvalue weighted by atomic mass is 10.1. The third kappa shape index (κ3) is 2.45. The fourth-order valence-electron chi connectivity index (χ4n) is 1.86. The van der Waals surface area contributed by atoms with Gasteiger partial charge in [0.05, 0.1) is 5.69 Å². The first-order valence-electron chi connectivity index (χ1n) is 5.50. The molecule has 0 aromatic heterocycles.